The SMILES string of the molecule is CC(O)C(NC(=O)C(N)CC(N)=O)C(=O)NC(Cc1cnc[nH]1)C(=O)NC(CCC(N)=O)C(=O)O. The number of carboxylic acid groups (broad SMARTS) is 1. The summed E-state index contributed by atoms with van der Waals surface area (Å²) in [5.41, 5.74) is 16.0. The van der Waals surface area contributed by atoms with Gasteiger partial charge in [0, 0.05) is 24.7 Å². The Kier molecular flexibility index (Phi) is 11.3. The number of nitrogens with two attached hydrogens (primary N) is 3. The van der Waals surface area contributed by atoms with E-state index in [-0.39, 0.29) is 19.3 Å². The first kappa shape index (κ1) is 29.0. The first-order chi connectivity index (χ1) is 16.3. The van der Waals surface area contributed by atoms with E-state index >= 15 is 0 Å². The Balaban J connectivity index is 3.03. The lowest BCUT2D eigenvalue weighted by atomic mass is 10.1. The van der Waals surface area contributed by atoms with E-state index in [4.69, 9.17) is 17.2 Å². The van der Waals surface area contributed by atoms with Gasteiger partial charge in [-0.3, -0.25) is 24.0 Å². The fourth-order valence-electron chi connectivity index (χ4n) is 2.88. The van der Waals surface area contributed by atoms with Crippen LogP contribution in [0, 0.1) is 0 Å². The van der Waals surface area contributed by atoms with Gasteiger partial charge in [0.05, 0.1) is 24.9 Å². The van der Waals surface area contributed by atoms with Crippen molar-refractivity contribution in [3.05, 3.63) is 18.2 Å². The first-order valence-electron chi connectivity index (χ1n) is 10.4. The molecule has 35 heavy (non-hydrogen) atoms. The smallest absolute Gasteiger partial charge is 0.326 e. The van der Waals surface area contributed by atoms with Crippen LogP contribution in [-0.4, -0.2) is 86.0 Å². The van der Waals surface area contributed by atoms with Crippen molar-refractivity contribution in [2.45, 2.75) is 62.9 Å². The molecule has 0 saturated carbocycles. The van der Waals surface area contributed by atoms with Crippen molar-refractivity contribution < 1.29 is 39.0 Å². The van der Waals surface area contributed by atoms with E-state index in [0.29, 0.717) is 5.69 Å². The third-order valence-corrected chi connectivity index (χ3v) is 4.73. The van der Waals surface area contributed by atoms with E-state index in [9.17, 15) is 39.0 Å². The Labute approximate surface area is 199 Å². The van der Waals surface area contributed by atoms with Gasteiger partial charge in [0.15, 0.2) is 0 Å². The maximum absolute atomic E-state index is 12.8. The minimum atomic E-state index is -1.58. The third kappa shape index (κ3) is 10.2. The third-order valence-electron chi connectivity index (χ3n) is 4.73. The van der Waals surface area contributed by atoms with Crippen molar-refractivity contribution >= 4 is 35.5 Å². The summed E-state index contributed by atoms with van der Waals surface area (Å²) in [5, 5.41) is 26.1. The summed E-state index contributed by atoms with van der Waals surface area (Å²) in [6, 6.07) is -5.82. The summed E-state index contributed by atoms with van der Waals surface area (Å²) in [6.07, 6.45) is -0.0309. The summed E-state index contributed by atoms with van der Waals surface area (Å²) >= 11 is 0. The number of rotatable bonds is 15. The molecule has 0 aliphatic heterocycles. The summed E-state index contributed by atoms with van der Waals surface area (Å²) in [5.74, 6) is -5.92. The maximum Gasteiger partial charge on any atom is 0.326 e. The lowest BCUT2D eigenvalue weighted by molar-refractivity contribution is -0.142. The number of aliphatic hydroxyl groups excluding tert-OH is 1. The van der Waals surface area contributed by atoms with Gasteiger partial charge in [-0.2, -0.15) is 0 Å². The Hall–Kier alpha value is -4.05. The van der Waals surface area contributed by atoms with E-state index in [2.05, 4.69) is 25.9 Å². The van der Waals surface area contributed by atoms with Gasteiger partial charge in [-0.05, 0) is 13.3 Å². The van der Waals surface area contributed by atoms with Gasteiger partial charge >= 0.3 is 5.97 Å². The number of hydrogen-bond acceptors (Lipinski definition) is 9. The monoisotopic (exact) mass is 498 g/mol. The number of aliphatic carboxylic acids is 1. The van der Waals surface area contributed by atoms with E-state index in [1.165, 1.54) is 19.4 Å². The molecule has 0 saturated heterocycles. The minimum absolute atomic E-state index is 0.165. The number of aliphatic hydroxyl groups is 1. The zero-order chi connectivity index (χ0) is 26.7. The normalized spacial score (nSPS) is 15.1. The van der Waals surface area contributed by atoms with Gasteiger partial charge in [-0.25, -0.2) is 9.78 Å². The molecule has 5 atom stereocenters. The molecule has 1 rings (SSSR count). The summed E-state index contributed by atoms with van der Waals surface area (Å²) in [4.78, 5) is 77.9. The lowest BCUT2D eigenvalue weighted by Gasteiger charge is -2.26. The van der Waals surface area contributed by atoms with Gasteiger partial charge in [0.1, 0.15) is 18.1 Å². The molecule has 16 nitrogen and oxygen atoms in total. The molecule has 0 fully saturated rings. The number of imidazole rings is 1. The standard InChI is InChI=1S/C19H30N8O8/c1-8(28)15(27-16(31)10(20)5-14(22)30)18(33)26-12(4-9-6-23-7-24-9)17(32)25-11(19(34)35)2-3-13(21)29/h6-8,10-12,15,28H,2-5,20H2,1H3,(H2,21,29)(H2,22,30)(H,23,24)(H,25,32)(H,26,33)(H,27,31)(H,34,35). The quantitative estimate of drug-likeness (QED) is 0.111. The van der Waals surface area contributed by atoms with Crippen molar-refractivity contribution in [3.63, 3.8) is 0 Å². The number of carbonyl (C=O) groups excluding carboxylic acids is 5. The molecular weight excluding hydrogens is 468 g/mol. The molecule has 16 heteroatoms. The highest BCUT2D eigenvalue weighted by molar-refractivity contribution is 5.95. The van der Waals surface area contributed by atoms with Crippen LogP contribution in [0.1, 0.15) is 31.9 Å². The molecular formula is C19H30N8O8. The molecule has 0 aliphatic rings. The Morgan fingerprint density at radius 1 is 1.00 bits per heavy atom. The molecule has 0 aliphatic carbocycles. The molecule has 1 aromatic rings. The second kappa shape index (κ2) is 13.6. The highest BCUT2D eigenvalue weighted by atomic mass is 16.4. The molecule has 194 valence electrons. The Morgan fingerprint density at radius 2 is 1.63 bits per heavy atom. The predicted molar refractivity (Wildman–Crippen MR) is 118 cm³/mol. The fourth-order valence-corrected chi connectivity index (χ4v) is 2.88. The van der Waals surface area contributed by atoms with Crippen LogP contribution in [0.5, 0.6) is 0 Å². The van der Waals surface area contributed by atoms with Gasteiger partial charge in [-0.15, -0.1) is 0 Å². The van der Waals surface area contributed by atoms with Crippen molar-refractivity contribution in [2.24, 2.45) is 17.2 Å². The minimum Gasteiger partial charge on any atom is -0.480 e. The lowest BCUT2D eigenvalue weighted by Crippen LogP contribution is -2.60. The summed E-state index contributed by atoms with van der Waals surface area (Å²) < 4.78 is 0. The van der Waals surface area contributed by atoms with Crippen molar-refractivity contribution in [3.8, 4) is 0 Å². The topological polar surface area (TPSA) is 286 Å². The molecule has 0 spiro atoms. The van der Waals surface area contributed by atoms with Crippen LogP contribution < -0.4 is 33.2 Å². The molecule has 0 bridgehead atoms. The molecule has 1 aromatic heterocycles. The predicted octanol–water partition coefficient (Wildman–Crippen LogP) is -4.66. The average molecular weight is 498 g/mol. The number of aromatic amines is 1. The second-order valence-corrected chi connectivity index (χ2v) is 7.75. The zero-order valence-corrected chi connectivity index (χ0v) is 18.9. The number of nitrogens with zero attached hydrogens (tertiary/aromatic N) is 1. The summed E-state index contributed by atoms with van der Waals surface area (Å²) in [7, 11) is 0. The molecule has 0 radical (unpaired) electrons. The number of H-pyrrole nitrogens is 1. The number of carbonyl (C=O) groups is 6. The number of primary amides is 2. The highest BCUT2D eigenvalue weighted by Crippen LogP contribution is 2.05. The van der Waals surface area contributed by atoms with Crippen LogP contribution in [-0.2, 0) is 35.2 Å². The van der Waals surface area contributed by atoms with E-state index in [1.54, 1.807) is 0 Å². The van der Waals surface area contributed by atoms with E-state index in [1.807, 2.05) is 0 Å². The molecule has 12 N–H and O–H groups in total. The average Bonchev–Trinajstić information content (AvgIpc) is 3.25. The van der Waals surface area contributed by atoms with Crippen LogP contribution in [0.3, 0.4) is 0 Å². The first-order valence-corrected chi connectivity index (χ1v) is 10.4. The van der Waals surface area contributed by atoms with Gasteiger partial charge < -0.3 is 48.3 Å². The molecule has 5 unspecified atom stereocenters. The summed E-state index contributed by atoms with van der Waals surface area (Å²) in [6.45, 7) is 1.19. The van der Waals surface area contributed by atoms with Gasteiger partial charge in [0.25, 0.3) is 0 Å². The van der Waals surface area contributed by atoms with Crippen molar-refractivity contribution in [1.82, 2.24) is 25.9 Å². The van der Waals surface area contributed by atoms with Crippen LogP contribution in [0.4, 0.5) is 0 Å². The van der Waals surface area contributed by atoms with E-state index < -0.39 is 72.2 Å². The number of aromatic nitrogens is 2. The number of nitrogens with one attached hydrogen (secondary N) is 4. The zero-order valence-electron chi connectivity index (χ0n) is 18.9. The Bertz CT molecular complexity index is 920. The Morgan fingerprint density at radius 3 is 2.11 bits per heavy atom. The second-order valence-electron chi connectivity index (χ2n) is 7.75. The van der Waals surface area contributed by atoms with Crippen molar-refractivity contribution in [1.29, 1.82) is 0 Å². The van der Waals surface area contributed by atoms with Crippen LogP contribution in [0.2, 0.25) is 0 Å². The van der Waals surface area contributed by atoms with Gasteiger partial charge in [-0.1, -0.05) is 0 Å². The molecule has 5 amide bonds. The van der Waals surface area contributed by atoms with Crippen molar-refractivity contribution in [2.75, 3.05) is 0 Å². The molecule has 0 aromatic carbocycles. The van der Waals surface area contributed by atoms with Crippen LogP contribution in [0.25, 0.3) is 0 Å². The maximum atomic E-state index is 12.8. The number of carboxylic acids is 1. The van der Waals surface area contributed by atoms with Gasteiger partial charge in [0.2, 0.25) is 29.5 Å². The highest BCUT2D eigenvalue weighted by Gasteiger charge is 2.33. The van der Waals surface area contributed by atoms with Crippen LogP contribution >= 0.6 is 0 Å². The largest absolute Gasteiger partial charge is 0.480 e. The number of hydrogen-bond donors (Lipinski definition) is 9. The molecule has 1 heterocycles. The van der Waals surface area contributed by atoms with Crippen LogP contribution in [0.15, 0.2) is 12.5 Å². The number of amides is 5. The van der Waals surface area contributed by atoms with E-state index in [0.717, 1.165) is 0 Å². The fraction of sp³-hybridized carbons (Fsp3) is 0.526.